The third kappa shape index (κ3) is 8.85. The van der Waals surface area contributed by atoms with Gasteiger partial charge in [-0.25, -0.2) is 0 Å². The zero-order valence-corrected chi connectivity index (χ0v) is 24.0. The van der Waals surface area contributed by atoms with Crippen LogP contribution in [0.2, 0.25) is 0 Å². The first kappa shape index (κ1) is 30.2. The van der Waals surface area contributed by atoms with Gasteiger partial charge in [-0.3, -0.25) is 9.98 Å². The molecule has 38 heavy (non-hydrogen) atoms. The van der Waals surface area contributed by atoms with Crippen LogP contribution in [0.25, 0.3) is 16.8 Å². The van der Waals surface area contributed by atoms with Crippen molar-refractivity contribution in [1.29, 1.82) is 0 Å². The van der Waals surface area contributed by atoms with E-state index in [2.05, 4.69) is 81.7 Å². The highest BCUT2D eigenvalue weighted by Crippen LogP contribution is 2.25. The average Bonchev–Trinajstić information content (AvgIpc) is 2.93. The van der Waals surface area contributed by atoms with Gasteiger partial charge in [0, 0.05) is 23.7 Å². The lowest BCUT2D eigenvalue weighted by molar-refractivity contribution is 0.474. The molecule has 0 fully saturated rings. The number of hydrogen-bond donors (Lipinski definition) is 1. The number of phenolic OH excluding ortho intramolecular Hbond substituents is 1. The average molecular weight is 507 g/mol. The van der Waals surface area contributed by atoms with E-state index in [-0.39, 0.29) is 0 Å². The smallest absolute Gasteiger partial charge is 0.115 e. The van der Waals surface area contributed by atoms with Crippen molar-refractivity contribution in [2.45, 2.75) is 61.3 Å². The van der Waals surface area contributed by atoms with Gasteiger partial charge in [-0.15, -0.1) is 0 Å². The Morgan fingerprint density at radius 2 is 1.58 bits per heavy atom. The number of nitrogens with zero attached hydrogens (tertiary/aromatic N) is 2. The van der Waals surface area contributed by atoms with E-state index in [1.54, 1.807) is 18.5 Å². The predicted octanol–water partition coefficient (Wildman–Crippen LogP) is 9.52. The predicted molar refractivity (Wildman–Crippen MR) is 165 cm³/mol. The van der Waals surface area contributed by atoms with Gasteiger partial charge in [0.1, 0.15) is 5.75 Å². The van der Waals surface area contributed by atoms with Crippen molar-refractivity contribution in [3.05, 3.63) is 125 Å². The molecule has 4 rings (SSSR count). The summed E-state index contributed by atoms with van der Waals surface area (Å²) < 4.78 is 0. The standard InChI is InChI=1S/C23H22N2.C10H14O.C2H6/c1-16-7-5-8-20(13-16)21-11-10-17(2)23(14-21)19(4)25-18(3)22-9-6-12-24-15-22;1-3-4-9-7-10(11)6-5-8(9)2;1-2/h5-15H,3H2,1-2,4H3;5-7,11H,3-4H2,1-2H3;1-2H3. The van der Waals surface area contributed by atoms with Crippen molar-refractivity contribution in [1.82, 2.24) is 4.98 Å². The maximum atomic E-state index is 9.16. The quantitative estimate of drug-likeness (QED) is 0.265. The molecule has 1 N–H and O–H groups in total. The first-order chi connectivity index (χ1) is 18.3. The topological polar surface area (TPSA) is 45.5 Å². The third-order valence-electron chi connectivity index (χ3n) is 6.13. The number of aromatic hydroxyl groups is 1. The Morgan fingerprint density at radius 1 is 0.868 bits per heavy atom. The number of rotatable bonds is 6. The minimum absolute atomic E-state index is 0.374. The minimum Gasteiger partial charge on any atom is -0.508 e. The summed E-state index contributed by atoms with van der Waals surface area (Å²) >= 11 is 0. The Balaban J connectivity index is 0.000000327. The molecule has 3 nitrogen and oxygen atoms in total. The van der Waals surface area contributed by atoms with E-state index in [4.69, 9.17) is 10.1 Å². The lowest BCUT2D eigenvalue weighted by Gasteiger charge is -2.10. The van der Waals surface area contributed by atoms with Crippen molar-refractivity contribution in [2.24, 2.45) is 4.99 Å². The molecule has 0 spiro atoms. The van der Waals surface area contributed by atoms with Gasteiger partial charge < -0.3 is 5.11 Å². The molecule has 0 aliphatic rings. The highest BCUT2D eigenvalue weighted by Gasteiger charge is 2.07. The molecule has 4 aromatic rings. The highest BCUT2D eigenvalue weighted by molar-refractivity contribution is 6.03. The monoisotopic (exact) mass is 506 g/mol. The summed E-state index contributed by atoms with van der Waals surface area (Å²) in [5.74, 6) is 0.374. The molecule has 1 aromatic heterocycles. The summed E-state index contributed by atoms with van der Waals surface area (Å²) in [6.07, 6.45) is 5.72. The van der Waals surface area contributed by atoms with Crippen LogP contribution in [0.3, 0.4) is 0 Å². The summed E-state index contributed by atoms with van der Waals surface area (Å²) in [5, 5.41) is 9.16. The van der Waals surface area contributed by atoms with Crippen LogP contribution in [0, 0.1) is 20.8 Å². The van der Waals surface area contributed by atoms with Crippen molar-refractivity contribution in [2.75, 3.05) is 0 Å². The minimum atomic E-state index is 0.374. The third-order valence-corrected chi connectivity index (χ3v) is 6.13. The fourth-order valence-corrected chi connectivity index (χ4v) is 4.07. The molecule has 0 amide bonds. The largest absolute Gasteiger partial charge is 0.508 e. The molecule has 1 heterocycles. The van der Waals surface area contributed by atoms with Gasteiger partial charge in [0.15, 0.2) is 0 Å². The van der Waals surface area contributed by atoms with E-state index in [1.807, 2.05) is 45.0 Å². The van der Waals surface area contributed by atoms with E-state index in [0.717, 1.165) is 35.4 Å². The van der Waals surface area contributed by atoms with Crippen LogP contribution in [0.4, 0.5) is 0 Å². The normalized spacial score (nSPS) is 10.6. The van der Waals surface area contributed by atoms with E-state index in [1.165, 1.54) is 33.4 Å². The SMILES string of the molecule is C=C(N=C(C)c1cc(-c2cccc(C)c2)ccc1C)c1cccnc1.CC.CCCc1cc(O)ccc1C. The van der Waals surface area contributed by atoms with Gasteiger partial charge in [-0.1, -0.05) is 81.8 Å². The van der Waals surface area contributed by atoms with Gasteiger partial charge in [0.05, 0.1) is 5.70 Å². The zero-order chi connectivity index (χ0) is 28.1. The fraction of sp³-hybridized carbons (Fsp3) is 0.257. The van der Waals surface area contributed by atoms with Crippen LogP contribution in [0.5, 0.6) is 5.75 Å². The van der Waals surface area contributed by atoms with Crippen LogP contribution in [-0.4, -0.2) is 15.8 Å². The molecular weight excluding hydrogens is 464 g/mol. The van der Waals surface area contributed by atoms with Gasteiger partial charge in [0.25, 0.3) is 0 Å². The molecule has 3 aromatic carbocycles. The Morgan fingerprint density at radius 3 is 2.24 bits per heavy atom. The number of aliphatic imine (C=N–C) groups is 1. The second-order valence-electron chi connectivity index (χ2n) is 9.15. The molecule has 0 bridgehead atoms. The van der Waals surface area contributed by atoms with Crippen molar-refractivity contribution < 1.29 is 5.11 Å². The van der Waals surface area contributed by atoms with Gasteiger partial charge in [0.2, 0.25) is 0 Å². The molecule has 0 saturated carbocycles. The first-order valence-corrected chi connectivity index (χ1v) is 13.4. The summed E-state index contributed by atoms with van der Waals surface area (Å²) in [6, 6.07) is 24.5. The molecule has 0 aliphatic heterocycles. The van der Waals surface area contributed by atoms with Gasteiger partial charge in [-0.2, -0.15) is 0 Å². The van der Waals surface area contributed by atoms with Crippen LogP contribution < -0.4 is 0 Å². The van der Waals surface area contributed by atoms with Crippen LogP contribution in [0.1, 0.15) is 67.5 Å². The molecule has 198 valence electrons. The number of benzene rings is 3. The van der Waals surface area contributed by atoms with Gasteiger partial charge >= 0.3 is 0 Å². The molecular formula is C35H42N2O. The second kappa shape index (κ2) is 15.3. The van der Waals surface area contributed by atoms with Crippen LogP contribution in [-0.2, 0) is 6.42 Å². The summed E-state index contributed by atoms with van der Waals surface area (Å²) in [6.45, 7) is 18.6. The molecule has 0 unspecified atom stereocenters. The Kier molecular flexibility index (Phi) is 12.2. The summed E-state index contributed by atoms with van der Waals surface area (Å²) in [4.78, 5) is 8.85. The van der Waals surface area contributed by atoms with E-state index in [9.17, 15) is 0 Å². The lowest BCUT2D eigenvalue weighted by Crippen LogP contribution is -1.99. The molecule has 0 radical (unpaired) electrons. The number of pyridine rings is 1. The van der Waals surface area contributed by atoms with Crippen LogP contribution >= 0.6 is 0 Å². The molecule has 3 heteroatoms. The molecule has 0 saturated heterocycles. The first-order valence-electron chi connectivity index (χ1n) is 13.4. The summed E-state index contributed by atoms with van der Waals surface area (Å²) in [7, 11) is 0. The lowest BCUT2D eigenvalue weighted by atomic mass is 9.96. The van der Waals surface area contributed by atoms with Gasteiger partial charge in [-0.05, 0) is 97.8 Å². The van der Waals surface area contributed by atoms with E-state index in [0.29, 0.717) is 5.75 Å². The summed E-state index contributed by atoms with van der Waals surface area (Å²) in [5.41, 5.74) is 11.2. The fourth-order valence-electron chi connectivity index (χ4n) is 4.07. The van der Waals surface area contributed by atoms with Crippen molar-refractivity contribution >= 4 is 11.4 Å². The van der Waals surface area contributed by atoms with Crippen molar-refractivity contribution in [3.8, 4) is 16.9 Å². The molecule has 0 aliphatic carbocycles. The number of aryl methyl sites for hydroxylation is 4. The molecule has 0 atom stereocenters. The Bertz CT molecular complexity index is 1350. The van der Waals surface area contributed by atoms with E-state index < -0.39 is 0 Å². The van der Waals surface area contributed by atoms with E-state index >= 15 is 0 Å². The zero-order valence-electron chi connectivity index (χ0n) is 24.0. The number of phenols is 1. The van der Waals surface area contributed by atoms with Crippen LogP contribution in [0.15, 0.2) is 96.8 Å². The van der Waals surface area contributed by atoms with Crippen molar-refractivity contribution in [3.63, 3.8) is 0 Å². The number of aromatic nitrogens is 1. The maximum Gasteiger partial charge on any atom is 0.115 e. The number of hydrogen-bond acceptors (Lipinski definition) is 3. The Labute approximate surface area is 229 Å². The highest BCUT2D eigenvalue weighted by atomic mass is 16.3. The second-order valence-corrected chi connectivity index (χ2v) is 9.15. The Hall–Kier alpha value is -3.98. The maximum absolute atomic E-state index is 9.16.